The number of hydrogen-bond acceptors (Lipinski definition) is 4. The minimum atomic E-state index is -0.262. The van der Waals surface area contributed by atoms with Crippen LogP contribution < -0.4 is 5.32 Å². The van der Waals surface area contributed by atoms with Gasteiger partial charge in [0.15, 0.2) is 0 Å². The van der Waals surface area contributed by atoms with Gasteiger partial charge in [-0.05, 0) is 29.8 Å². The molecule has 1 amide bonds. The number of methoxy groups -OCH3 is 1. The van der Waals surface area contributed by atoms with Gasteiger partial charge in [-0.2, -0.15) is 10.2 Å². The number of hydrogen-bond donors (Lipinski definition) is 2. The smallest absolute Gasteiger partial charge is 0.251 e. The van der Waals surface area contributed by atoms with Crippen molar-refractivity contribution in [1.82, 2.24) is 25.3 Å². The molecule has 1 aromatic carbocycles. The predicted octanol–water partition coefficient (Wildman–Crippen LogP) is 1.93. The van der Waals surface area contributed by atoms with Crippen molar-refractivity contribution in [3.63, 3.8) is 0 Å². The second kappa shape index (κ2) is 7.10. The van der Waals surface area contributed by atoms with Crippen LogP contribution in [-0.4, -0.2) is 39.6 Å². The van der Waals surface area contributed by atoms with Gasteiger partial charge in [0, 0.05) is 32.1 Å². The average molecular weight is 325 g/mol. The van der Waals surface area contributed by atoms with Crippen molar-refractivity contribution in [3.05, 3.63) is 60.0 Å². The molecular formula is C17H19N5O2. The number of ether oxygens (including phenoxy) is 1. The topological polar surface area (TPSA) is 84.8 Å². The summed E-state index contributed by atoms with van der Waals surface area (Å²) in [6.45, 7) is 0.373. The van der Waals surface area contributed by atoms with Gasteiger partial charge in [0.25, 0.3) is 5.91 Å². The van der Waals surface area contributed by atoms with Crippen LogP contribution in [0.25, 0.3) is 11.3 Å². The third-order valence-electron chi connectivity index (χ3n) is 3.81. The number of carbonyl (C=O) groups is 1. The van der Waals surface area contributed by atoms with Gasteiger partial charge in [0.2, 0.25) is 0 Å². The quantitative estimate of drug-likeness (QED) is 0.725. The molecule has 24 heavy (non-hydrogen) atoms. The number of aromatic amines is 1. The summed E-state index contributed by atoms with van der Waals surface area (Å²) in [5, 5.41) is 14.0. The van der Waals surface area contributed by atoms with Crippen LogP contribution in [0.15, 0.2) is 48.8 Å². The van der Waals surface area contributed by atoms with E-state index in [1.54, 1.807) is 36.3 Å². The van der Waals surface area contributed by atoms with Crippen LogP contribution in [0.2, 0.25) is 0 Å². The Kier molecular flexibility index (Phi) is 4.72. The summed E-state index contributed by atoms with van der Waals surface area (Å²) < 4.78 is 6.95. The van der Waals surface area contributed by atoms with E-state index in [4.69, 9.17) is 4.74 Å². The average Bonchev–Trinajstić information content (AvgIpc) is 3.26. The van der Waals surface area contributed by atoms with E-state index in [0.29, 0.717) is 12.2 Å². The SMILES string of the molecule is COCC(NC(=O)c1ccc(-c2ccn[nH]2)cc1)c1ccnn1C. The van der Waals surface area contributed by atoms with E-state index in [-0.39, 0.29) is 11.9 Å². The Morgan fingerprint density at radius 3 is 2.62 bits per heavy atom. The molecule has 0 saturated heterocycles. The first-order chi connectivity index (χ1) is 11.7. The summed E-state index contributed by atoms with van der Waals surface area (Å²) in [4.78, 5) is 12.5. The van der Waals surface area contributed by atoms with Gasteiger partial charge in [-0.15, -0.1) is 0 Å². The molecule has 1 unspecified atom stereocenters. The summed E-state index contributed by atoms with van der Waals surface area (Å²) in [5.41, 5.74) is 3.36. The van der Waals surface area contributed by atoms with E-state index in [2.05, 4.69) is 20.6 Å². The zero-order chi connectivity index (χ0) is 16.9. The number of rotatable bonds is 6. The van der Waals surface area contributed by atoms with Gasteiger partial charge in [-0.3, -0.25) is 14.6 Å². The van der Waals surface area contributed by atoms with Crippen LogP contribution in [0.3, 0.4) is 0 Å². The molecule has 3 rings (SSSR count). The lowest BCUT2D eigenvalue weighted by atomic mass is 10.1. The van der Waals surface area contributed by atoms with Crippen LogP contribution in [0.1, 0.15) is 22.1 Å². The van der Waals surface area contributed by atoms with Crippen LogP contribution >= 0.6 is 0 Å². The maximum Gasteiger partial charge on any atom is 0.251 e. The van der Waals surface area contributed by atoms with Gasteiger partial charge in [-0.25, -0.2) is 0 Å². The second-order valence-corrected chi connectivity index (χ2v) is 5.41. The molecule has 0 bridgehead atoms. The lowest BCUT2D eigenvalue weighted by Gasteiger charge is -2.18. The third kappa shape index (κ3) is 3.36. The second-order valence-electron chi connectivity index (χ2n) is 5.41. The van der Waals surface area contributed by atoms with E-state index < -0.39 is 0 Å². The van der Waals surface area contributed by atoms with Crippen LogP contribution in [0, 0.1) is 0 Å². The fourth-order valence-electron chi connectivity index (χ4n) is 2.55. The summed E-state index contributed by atoms with van der Waals surface area (Å²) >= 11 is 0. The minimum Gasteiger partial charge on any atom is -0.382 e. The standard InChI is InChI=1S/C17H19N5O2/c1-22-16(8-10-19-22)15(11-24-2)20-17(23)13-5-3-12(4-6-13)14-7-9-18-21-14/h3-10,15H,11H2,1-2H3,(H,18,21)(H,20,23). The summed E-state index contributed by atoms with van der Waals surface area (Å²) in [6.07, 6.45) is 3.39. The molecule has 2 aromatic heterocycles. The number of aromatic nitrogens is 4. The Labute approximate surface area is 139 Å². The third-order valence-corrected chi connectivity index (χ3v) is 3.81. The maximum absolute atomic E-state index is 12.5. The van der Waals surface area contributed by atoms with Crippen LogP contribution in [0.4, 0.5) is 0 Å². The summed E-state index contributed by atoms with van der Waals surface area (Å²) in [6, 6.07) is 10.8. The van der Waals surface area contributed by atoms with E-state index in [1.807, 2.05) is 31.3 Å². The molecule has 7 heteroatoms. The van der Waals surface area contributed by atoms with Gasteiger partial charge >= 0.3 is 0 Å². The minimum absolute atomic E-state index is 0.158. The van der Waals surface area contributed by atoms with Gasteiger partial charge in [0.05, 0.1) is 24.0 Å². The zero-order valence-electron chi connectivity index (χ0n) is 13.6. The number of nitrogens with one attached hydrogen (secondary N) is 2. The molecule has 0 aliphatic rings. The molecule has 124 valence electrons. The van der Waals surface area contributed by atoms with E-state index in [9.17, 15) is 4.79 Å². The number of benzene rings is 1. The van der Waals surface area contributed by atoms with E-state index in [1.165, 1.54) is 0 Å². The van der Waals surface area contributed by atoms with Crippen molar-refractivity contribution in [2.24, 2.45) is 7.05 Å². The van der Waals surface area contributed by atoms with Crippen LogP contribution in [0.5, 0.6) is 0 Å². The lowest BCUT2D eigenvalue weighted by Crippen LogP contribution is -2.32. The molecule has 0 saturated carbocycles. The van der Waals surface area contributed by atoms with Crippen molar-refractivity contribution < 1.29 is 9.53 Å². The Morgan fingerprint density at radius 1 is 1.25 bits per heavy atom. The highest BCUT2D eigenvalue weighted by molar-refractivity contribution is 5.94. The first-order valence-electron chi connectivity index (χ1n) is 7.56. The molecule has 0 aliphatic heterocycles. The van der Waals surface area contributed by atoms with Gasteiger partial charge < -0.3 is 10.1 Å². The highest BCUT2D eigenvalue weighted by Crippen LogP contribution is 2.18. The van der Waals surface area contributed by atoms with Crippen molar-refractivity contribution in [3.8, 4) is 11.3 Å². The van der Waals surface area contributed by atoms with Crippen molar-refractivity contribution in [1.29, 1.82) is 0 Å². The summed E-state index contributed by atoms with van der Waals surface area (Å²) in [7, 11) is 3.44. The molecule has 7 nitrogen and oxygen atoms in total. The molecule has 0 spiro atoms. The molecular weight excluding hydrogens is 306 g/mol. The Balaban J connectivity index is 1.74. The lowest BCUT2D eigenvalue weighted by molar-refractivity contribution is 0.0892. The van der Waals surface area contributed by atoms with Crippen molar-refractivity contribution >= 4 is 5.91 Å². The predicted molar refractivity (Wildman–Crippen MR) is 89.3 cm³/mol. The molecule has 3 aromatic rings. The number of nitrogens with zero attached hydrogens (tertiary/aromatic N) is 3. The monoisotopic (exact) mass is 325 g/mol. The largest absolute Gasteiger partial charge is 0.382 e. The number of aryl methyl sites for hydroxylation is 1. The molecule has 2 heterocycles. The fraction of sp³-hybridized carbons (Fsp3) is 0.235. The van der Waals surface area contributed by atoms with Crippen LogP contribution in [-0.2, 0) is 11.8 Å². The number of carbonyl (C=O) groups excluding carboxylic acids is 1. The molecule has 0 radical (unpaired) electrons. The highest BCUT2D eigenvalue weighted by Gasteiger charge is 2.18. The number of H-pyrrole nitrogens is 1. The maximum atomic E-state index is 12.5. The van der Waals surface area contributed by atoms with E-state index in [0.717, 1.165) is 17.0 Å². The van der Waals surface area contributed by atoms with Gasteiger partial charge in [0.1, 0.15) is 0 Å². The molecule has 2 N–H and O–H groups in total. The Bertz CT molecular complexity index is 793. The molecule has 0 fully saturated rings. The first-order valence-corrected chi connectivity index (χ1v) is 7.56. The number of amides is 1. The van der Waals surface area contributed by atoms with Gasteiger partial charge in [-0.1, -0.05) is 12.1 Å². The van der Waals surface area contributed by atoms with Crippen molar-refractivity contribution in [2.75, 3.05) is 13.7 Å². The normalized spacial score (nSPS) is 12.1. The Morgan fingerprint density at radius 2 is 2.04 bits per heavy atom. The molecule has 1 atom stereocenters. The van der Waals surface area contributed by atoms with E-state index >= 15 is 0 Å². The highest BCUT2D eigenvalue weighted by atomic mass is 16.5. The molecule has 0 aliphatic carbocycles. The first kappa shape index (κ1) is 15.9. The fourth-order valence-corrected chi connectivity index (χ4v) is 2.55. The summed E-state index contributed by atoms with van der Waals surface area (Å²) in [5.74, 6) is -0.158. The van der Waals surface area contributed by atoms with Crippen molar-refractivity contribution in [2.45, 2.75) is 6.04 Å². The Hall–Kier alpha value is -2.93. The zero-order valence-corrected chi connectivity index (χ0v) is 13.6.